The summed E-state index contributed by atoms with van der Waals surface area (Å²) in [4.78, 5) is 40.2. The Balaban J connectivity index is 1.75. The second-order valence-corrected chi connectivity index (χ2v) is 8.58. The highest BCUT2D eigenvalue weighted by Gasteiger charge is 2.31. The SMILES string of the molecule is COc1ccc(C(NC(=O)C2CCCCC2)C(=O)C(=O)NN=C2SCCN2C)cc1. The van der Waals surface area contributed by atoms with Crippen molar-refractivity contribution in [1.29, 1.82) is 0 Å². The monoisotopic (exact) mass is 432 g/mol. The van der Waals surface area contributed by atoms with Gasteiger partial charge in [-0.15, -0.1) is 5.10 Å². The van der Waals surface area contributed by atoms with Gasteiger partial charge in [0, 0.05) is 25.3 Å². The maximum absolute atomic E-state index is 13.0. The van der Waals surface area contributed by atoms with Crippen molar-refractivity contribution in [2.75, 3.05) is 26.5 Å². The number of nitrogens with zero attached hydrogens (tertiary/aromatic N) is 2. The van der Waals surface area contributed by atoms with E-state index in [1.807, 2.05) is 11.9 Å². The summed E-state index contributed by atoms with van der Waals surface area (Å²) in [6.45, 7) is 0.833. The third kappa shape index (κ3) is 5.53. The lowest BCUT2D eigenvalue weighted by molar-refractivity contribution is -0.140. The summed E-state index contributed by atoms with van der Waals surface area (Å²) in [5, 5.41) is 7.51. The summed E-state index contributed by atoms with van der Waals surface area (Å²) in [6, 6.07) is 5.69. The van der Waals surface area contributed by atoms with E-state index < -0.39 is 17.7 Å². The number of hydrogen-bond donors (Lipinski definition) is 2. The first kappa shape index (κ1) is 22.1. The molecule has 1 aliphatic heterocycles. The Kier molecular flexibility index (Phi) is 7.73. The van der Waals surface area contributed by atoms with Crippen LogP contribution < -0.4 is 15.5 Å². The number of methoxy groups -OCH3 is 1. The molecule has 1 aliphatic carbocycles. The number of amides is 2. The minimum Gasteiger partial charge on any atom is -0.497 e. The van der Waals surface area contributed by atoms with Crippen LogP contribution in [-0.4, -0.2) is 54.1 Å². The Morgan fingerprint density at radius 2 is 1.87 bits per heavy atom. The summed E-state index contributed by atoms with van der Waals surface area (Å²) < 4.78 is 5.16. The van der Waals surface area contributed by atoms with E-state index in [0.29, 0.717) is 16.5 Å². The number of thioether (sulfide) groups is 1. The van der Waals surface area contributed by atoms with E-state index in [-0.39, 0.29) is 11.8 Å². The first-order valence-electron chi connectivity index (χ1n) is 10.2. The van der Waals surface area contributed by atoms with Crippen LogP contribution in [0, 0.1) is 5.92 Å². The Bertz CT molecular complexity index is 806. The minimum absolute atomic E-state index is 0.126. The molecule has 1 saturated carbocycles. The second kappa shape index (κ2) is 10.5. The molecule has 3 rings (SSSR count). The first-order chi connectivity index (χ1) is 14.5. The van der Waals surface area contributed by atoms with Crippen molar-refractivity contribution in [3.8, 4) is 5.75 Å². The number of benzene rings is 1. The molecular formula is C21H28N4O4S. The molecular weight excluding hydrogens is 404 g/mol. The summed E-state index contributed by atoms with van der Waals surface area (Å²) in [6.07, 6.45) is 4.74. The predicted octanol–water partition coefficient (Wildman–Crippen LogP) is 2.07. The van der Waals surface area contributed by atoms with Gasteiger partial charge in [-0.05, 0) is 30.5 Å². The topological polar surface area (TPSA) is 100 Å². The molecule has 9 heteroatoms. The van der Waals surface area contributed by atoms with Gasteiger partial charge in [0.15, 0.2) is 5.17 Å². The average molecular weight is 433 g/mol. The van der Waals surface area contributed by atoms with Crippen molar-refractivity contribution >= 4 is 34.5 Å². The first-order valence-corrected chi connectivity index (χ1v) is 11.2. The van der Waals surface area contributed by atoms with Gasteiger partial charge in [0.25, 0.3) is 0 Å². The Labute approximate surface area is 180 Å². The molecule has 1 unspecified atom stereocenters. The zero-order valence-corrected chi connectivity index (χ0v) is 18.2. The van der Waals surface area contributed by atoms with E-state index in [4.69, 9.17) is 4.74 Å². The number of hydrogen-bond acceptors (Lipinski definition) is 6. The Morgan fingerprint density at radius 1 is 1.17 bits per heavy atom. The van der Waals surface area contributed by atoms with Crippen molar-refractivity contribution in [2.45, 2.75) is 38.1 Å². The smallest absolute Gasteiger partial charge is 0.310 e. The lowest BCUT2D eigenvalue weighted by Crippen LogP contribution is -2.43. The molecule has 1 aromatic rings. The van der Waals surface area contributed by atoms with Crippen molar-refractivity contribution in [3.63, 3.8) is 0 Å². The number of carbonyl (C=O) groups excluding carboxylic acids is 3. The highest BCUT2D eigenvalue weighted by Crippen LogP contribution is 2.26. The highest BCUT2D eigenvalue weighted by atomic mass is 32.2. The maximum Gasteiger partial charge on any atom is 0.310 e. The molecule has 8 nitrogen and oxygen atoms in total. The number of Topliss-reactive ketones (excluding diaryl/α,β-unsaturated/α-hetero) is 1. The van der Waals surface area contributed by atoms with Crippen LogP contribution in [0.1, 0.15) is 43.7 Å². The third-order valence-corrected chi connectivity index (χ3v) is 6.48. The number of rotatable bonds is 7. The van der Waals surface area contributed by atoms with Crippen LogP contribution in [0.25, 0.3) is 0 Å². The fraction of sp³-hybridized carbons (Fsp3) is 0.524. The highest BCUT2D eigenvalue weighted by molar-refractivity contribution is 8.14. The lowest BCUT2D eigenvalue weighted by atomic mass is 9.88. The third-order valence-electron chi connectivity index (χ3n) is 5.44. The molecule has 1 saturated heterocycles. The number of hydrazone groups is 1. The molecule has 162 valence electrons. The minimum atomic E-state index is -1.07. The van der Waals surface area contributed by atoms with Crippen LogP contribution in [0.2, 0.25) is 0 Å². The largest absolute Gasteiger partial charge is 0.497 e. The van der Waals surface area contributed by atoms with Crippen molar-refractivity contribution < 1.29 is 19.1 Å². The number of amidine groups is 1. The van der Waals surface area contributed by atoms with Gasteiger partial charge in [-0.3, -0.25) is 14.4 Å². The van der Waals surface area contributed by atoms with Crippen LogP contribution in [0.5, 0.6) is 5.75 Å². The van der Waals surface area contributed by atoms with Gasteiger partial charge >= 0.3 is 5.91 Å². The molecule has 0 radical (unpaired) electrons. The van der Waals surface area contributed by atoms with Gasteiger partial charge in [-0.2, -0.15) is 0 Å². The van der Waals surface area contributed by atoms with E-state index in [0.717, 1.165) is 44.4 Å². The molecule has 2 N–H and O–H groups in total. The van der Waals surface area contributed by atoms with Crippen molar-refractivity contribution in [3.05, 3.63) is 29.8 Å². The standard InChI is InChI=1S/C21H28N4O4S/c1-25-12-13-30-21(25)24-23-20(28)18(26)17(14-8-10-16(29-2)11-9-14)22-19(27)15-6-4-3-5-7-15/h8-11,15,17H,3-7,12-13H2,1-2H3,(H,22,27)(H,23,28). The number of ketones is 1. The lowest BCUT2D eigenvalue weighted by Gasteiger charge is -2.24. The summed E-state index contributed by atoms with van der Waals surface area (Å²) in [5.41, 5.74) is 2.87. The fourth-order valence-electron chi connectivity index (χ4n) is 3.60. The number of carbonyl (C=O) groups is 3. The normalized spacial score (nSPS) is 19.4. The van der Waals surface area contributed by atoms with Gasteiger partial charge < -0.3 is 15.0 Å². The zero-order valence-electron chi connectivity index (χ0n) is 17.3. The van der Waals surface area contributed by atoms with Gasteiger partial charge in [-0.25, -0.2) is 5.43 Å². The molecule has 2 aliphatic rings. The van der Waals surface area contributed by atoms with Gasteiger partial charge in [0.1, 0.15) is 11.8 Å². The average Bonchev–Trinajstić information content (AvgIpc) is 3.20. The molecule has 0 spiro atoms. The van der Waals surface area contributed by atoms with Gasteiger partial charge in [0.05, 0.1) is 7.11 Å². The van der Waals surface area contributed by atoms with Crippen molar-refractivity contribution in [1.82, 2.24) is 15.6 Å². The zero-order chi connectivity index (χ0) is 21.5. The molecule has 1 aromatic carbocycles. The van der Waals surface area contributed by atoms with E-state index in [1.54, 1.807) is 31.4 Å². The van der Waals surface area contributed by atoms with Crippen LogP contribution >= 0.6 is 11.8 Å². The van der Waals surface area contributed by atoms with E-state index in [9.17, 15) is 14.4 Å². The predicted molar refractivity (Wildman–Crippen MR) is 116 cm³/mol. The Hall–Kier alpha value is -2.55. The molecule has 1 atom stereocenters. The van der Waals surface area contributed by atoms with Crippen LogP contribution in [-0.2, 0) is 14.4 Å². The molecule has 2 amide bonds. The molecule has 0 bridgehead atoms. The number of nitrogens with one attached hydrogen (secondary N) is 2. The number of ether oxygens (including phenoxy) is 1. The van der Waals surface area contributed by atoms with E-state index in [2.05, 4.69) is 15.8 Å². The molecule has 0 aromatic heterocycles. The molecule has 1 heterocycles. The fourth-order valence-corrected chi connectivity index (χ4v) is 4.57. The molecule has 30 heavy (non-hydrogen) atoms. The van der Waals surface area contributed by atoms with Gasteiger partial charge in [0.2, 0.25) is 11.7 Å². The van der Waals surface area contributed by atoms with Crippen LogP contribution in [0.4, 0.5) is 0 Å². The van der Waals surface area contributed by atoms with Crippen LogP contribution in [0.3, 0.4) is 0 Å². The summed E-state index contributed by atoms with van der Waals surface area (Å²) in [5.74, 6) is -0.410. The quantitative estimate of drug-likeness (QED) is 0.505. The summed E-state index contributed by atoms with van der Waals surface area (Å²) >= 11 is 1.51. The second-order valence-electron chi connectivity index (χ2n) is 7.52. The Morgan fingerprint density at radius 3 is 2.47 bits per heavy atom. The summed E-state index contributed by atoms with van der Waals surface area (Å²) in [7, 11) is 3.42. The van der Waals surface area contributed by atoms with E-state index >= 15 is 0 Å². The molecule has 2 fully saturated rings. The van der Waals surface area contributed by atoms with Crippen molar-refractivity contribution in [2.24, 2.45) is 11.0 Å². The maximum atomic E-state index is 13.0. The van der Waals surface area contributed by atoms with E-state index in [1.165, 1.54) is 11.8 Å². The van der Waals surface area contributed by atoms with Crippen LogP contribution in [0.15, 0.2) is 29.4 Å². The van der Waals surface area contributed by atoms with Gasteiger partial charge in [-0.1, -0.05) is 43.2 Å².